The van der Waals surface area contributed by atoms with Gasteiger partial charge in [-0.3, -0.25) is 19.9 Å². The zero-order chi connectivity index (χ0) is 31.2. The Kier molecular flexibility index (Phi) is 7.39. The van der Waals surface area contributed by atoms with E-state index in [1.165, 1.54) is 36.8 Å². The second-order valence-electron chi connectivity index (χ2n) is 10.4. The van der Waals surface area contributed by atoms with Crippen LogP contribution in [0.25, 0.3) is 55.8 Å². The van der Waals surface area contributed by atoms with Crippen molar-refractivity contribution < 1.29 is 22.0 Å². The SMILES string of the molecule is CCCC(=O)Nc1cncc(-c2cc3c(-c4nc5c(-c6cc(F)cc(C(N)S(C)(=O)=O)c6)nccc5[nH]4)n[nH]c3cc2F)c1. The van der Waals surface area contributed by atoms with Gasteiger partial charge in [-0.05, 0) is 48.4 Å². The van der Waals surface area contributed by atoms with Crippen LogP contribution in [-0.4, -0.2) is 50.7 Å². The minimum atomic E-state index is -3.69. The van der Waals surface area contributed by atoms with Crippen LogP contribution in [0.15, 0.2) is 61.1 Å². The lowest BCUT2D eigenvalue weighted by molar-refractivity contribution is -0.116. The second kappa shape index (κ2) is 11.2. The number of hydrogen-bond acceptors (Lipinski definition) is 8. The molecule has 6 rings (SSSR count). The Labute approximate surface area is 249 Å². The van der Waals surface area contributed by atoms with Crippen molar-refractivity contribution in [1.82, 2.24) is 30.1 Å². The number of hydrogen-bond donors (Lipinski definition) is 4. The van der Waals surface area contributed by atoms with Gasteiger partial charge in [0, 0.05) is 53.2 Å². The molecule has 0 aliphatic heterocycles. The van der Waals surface area contributed by atoms with E-state index in [9.17, 15) is 17.6 Å². The van der Waals surface area contributed by atoms with Gasteiger partial charge in [-0.1, -0.05) is 6.92 Å². The van der Waals surface area contributed by atoms with Crippen LogP contribution in [0.5, 0.6) is 0 Å². The van der Waals surface area contributed by atoms with E-state index in [-0.39, 0.29) is 22.6 Å². The van der Waals surface area contributed by atoms with Gasteiger partial charge in [0.05, 0.1) is 28.6 Å². The van der Waals surface area contributed by atoms with Gasteiger partial charge in [0.2, 0.25) is 5.91 Å². The zero-order valence-corrected chi connectivity index (χ0v) is 24.3. The van der Waals surface area contributed by atoms with E-state index in [4.69, 9.17) is 10.7 Å². The number of nitrogens with two attached hydrogens (primary N) is 1. The molecule has 11 nitrogen and oxygen atoms in total. The highest BCUT2D eigenvalue weighted by Gasteiger charge is 2.22. The first-order valence-corrected chi connectivity index (χ1v) is 15.5. The number of halogens is 2. The Morgan fingerprint density at radius 3 is 2.64 bits per heavy atom. The largest absolute Gasteiger partial charge is 0.336 e. The number of rotatable bonds is 8. The average Bonchev–Trinajstić information content (AvgIpc) is 3.59. The predicted molar refractivity (Wildman–Crippen MR) is 163 cm³/mol. The molecule has 14 heteroatoms. The van der Waals surface area contributed by atoms with Gasteiger partial charge < -0.3 is 16.0 Å². The number of carbonyl (C=O) groups excluding carboxylic acids is 1. The number of nitrogens with one attached hydrogen (secondary N) is 3. The Morgan fingerprint density at radius 1 is 1.05 bits per heavy atom. The van der Waals surface area contributed by atoms with E-state index >= 15 is 4.39 Å². The highest BCUT2D eigenvalue weighted by atomic mass is 32.2. The number of pyridine rings is 2. The van der Waals surface area contributed by atoms with Crippen LogP contribution in [0.2, 0.25) is 0 Å². The van der Waals surface area contributed by atoms with E-state index in [2.05, 4.69) is 30.5 Å². The molecule has 1 unspecified atom stereocenters. The molecular formula is C30H26F2N8O3S. The van der Waals surface area contributed by atoms with Crippen LogP contribution in [0.4, 0.5) is 14.5 Å². The van der Waals surface area contributed by atoms with E-state index in [1.54, 1.807) is 18.2 Å². The van der Waals surface area contributed by atoms with Gasteiger partial charge >= 0.3 is 0 Å². The fourth-order valence-electron chi connectivity index (χ4n) is 4.97. The van der Waals surface area contributed by atoms with E-state index in [0.29, 0.717) is 63.2 Å². The number of imidazole rings is 1. The molecule has 224 valence electrons. The maximum atomic E-state index is 15.3. The van der Waals surface area contributed by atoms with Crippen LogP contribution >= 0.6 is 0 Å². The summed E-state index contributed by atoms with van der Waals surface area (Å²) in [6.45, 7) is 1.90. The average molecular weight is 617 g/mol. The third-order valence-corrected chi connectivity index (χ3v) is 8.26. The zero-order valence-electron chi connectivity index (χ0n) is 23.5. The molecule has 0 fully saturated rings. The van der Waals surface area contributed by atoms with Crippen molar-refractivity contribution in [3.63, 3.8) is 0 Å². The molecule has 4 heterocycles. The smallest absolute Gasteiger partial charge is 0.224 e. The van der Waals surface area contributed by atoms with Crippen LogP contribution in [0, 0.1) is 11.6 Å². The third kappa shape index (κ3) is 5.52. The molecule has 5 N–H and O–H groups in total. The fourth-order valence-corrected chi connectivity index (χ4v) is 5.60. The molecule has 1 atom stereocenters. The summed E-state index contributed by atoms with van der Waals surface area (Å²) >= 11 is 0. The number of sulfone groups is 1. The fraction of sp³-hybridized carbons (Fsp3) is 0.167. The molecule has 0 saturated carbocycles. The van der Waals surface area contributed by atoms with Crippen LogP contribution < -0.4 is 11.1 Å². The normalized spacial score (nSPS) is 12.6. The van der Waals surface area contributed by atoms with Gasteiger partial charge in [-0.15, -0.1) is 0 Å². The molecule has 4 aromatic heterocycles. The summed E-state index contributed by atoms with van der Waals surface area (Å²) in [5.74, 6) is -1.02. The maximum absolute atomic E-state index is 15.3. The number of amides is 1. The van der Waals surface area contributed by atoms with E-state index in [1.807, 2.05) is 6.92 Å². The number of carbonyl (C=O) groups is 1. The first-order chi connectivity index (χ1) is 21.0. The molecule has 0 bridgehead atoms. The van der Waals surface area contributed by atoms with Gasteiger partial charge in [-0.25, -0.2) is 22.2 Å². The Balaban J connectivity index is 1.43. The van der Waals surface area contributed by atoms with Crippen LogP contribution in [0.3, 0.4) is 0 Å². The van der Waals surface area contributed by atoms with Crippen molar-refractivity contribution in [3.05, 3.63) is 78.3 Å². The minimum absolute atomic E-state index is 0.0772. The molecule has 2 aromatic carbocycles. The number of nitrogens with zero attached hydrogens (tertiary/aromatic N) is 4. The number of benzene rings is 2. The molecule has 44 heavy (non-hydrogen) atoms. The summed E-state index contributed by atoms with van der Waals surface area (Å²) in [4.78, 5) is 28.5. The third-order valence-electron chi connectivity index (χ3n) is 7.07. The molecule has 0 radical (unpaired) electrons. The van der Waals surface area contributed by atoms with Crippen molar-refractivity contribution in [2.24, 2.45) is 5.73 Å². The van der Waals surface area contributed by atoms with Crippen LogP contribution in [0.1, 0.15) is 30.7 Å². The van der Waals surface area contributed by atoms with Crippen LogP contribution in [-0.2, 0) is 14.6 Å². The lowest BCUT2D eigenvalue weighted by Crippen LogP contribution is -2.20. The van der Waals surface area contributed by atoms with E-state index in [0.717, 1.165) is 12.3 Å². The van der Waals surface area contributed by atoms with Gasteiger partial charge in [0.1, 0.15) is 28.2 Å². The Hall–Kier alpha value is -5.08. The van der Waals surface area contributed by atoms with Crippen molar-refractivity contribution in [2.45, 2.75) is 25.1 Å². The molecule has 0 spiro atoms. The number of H-pyrrole nitrogens is 2. The monoisotopic (exact) mass is 616 g/mol. The molecular weight excluding hydrogens is 590 g/mol. The van der Waals surface area contributed by atoms with Crippen molar-refractivity contribution >= 4 is 43.4 Å². The summed E-state index contributed by atoms with van der Waals surface area (Å²) in [6, 6.07) is 10.0. The lowest BCUT2D eigenvalue weighted by atomic mass is 10.0. The highest BCUT2D eigenvalue weighted by Crippen LogP contribution is 2.35. The second-order valence-corrected chi connectivity index (χ2v) is 12.5. The van der Waals surface area contributed by atoms with E-state index < -0.39 is 26.8 Å². The summed E-state index contributed by atoms with van der Waals surface area (Å²) < 4.78 is 53.9. The minimum Gasteiger partial charge on any atom is -0.336 e. The molecule has 6 aromatic rings. The quantitative estimate of drug-likeness (QED) is 0.180. The molecule has 0 saturated heterocycles. The van der Waals surface area contributed by atoms with Gasteiger partial charge in [0.25, 0.3) is 0 Å². The molecule has 0 aliphatic carbocycles. The number of aromatic nitrogens is 6. The molecule has 0 aliphatic rings. The standard InChI is InChI=1S/C30H26F2N8O3S/c1-3-4-25(41)36-19-10-17(13-34-14-19)20-11-21-24(12-22(20)32)39-40-27(21)30-37-23-5-6-35-26(28(23)38-30)15-7-16(9-18(31)8-15)29(33)44(2,42)43/h5-14,29H,3-4,33H2,1-2H3,(H,36,41)(H,37,38)(H,39,40). The Bertz CT molecular complexity index is 2180. The lowest BCUT2D eigenvalue weighted by Gasteiger charge is -2.12. The maximum Gasteiger partial charge on any atom is 0.224 e. The van der Waals surface area contributed by atoms with Gasteiger partial charge in [0.15, 0.2) is 15.7 Å². The van der Waals surface area contributed by atoms with Crippen molar-refractivity contribution in [3.8, 4) is 33.9 Å². The highest BCUT2D eigenvalue weighted by molar-refractivity contribution is 7.90. The number of anilines is 1. The molecule has 1 amide bonds. The van der Waals surface area contributed by atoms with Crippen molar-refractivity contribution in [1.29, 1.82) is 0 Å². The topological polar surface area (TPSA) is 172 Å². The number of fused-ring (bicyclic) bond motifs is 2. The first-order valence-electron chi connectivity index (χ1n) is 13.5. The summed E-state index contributed by atoms with van der Waals surface area (Å²) in [7, 11) is -3.69. The van der Waals surface area contributed by atoms with Crippen molar-refractivity contribution in [2.75, 3.05) is 11.6 Å². The number of aromatic amines is 2. The first kappa shape index (κ1) is 29.0. The summed E-state index contributed by atoms with van der Waals surface area (Å²) in [6.07, 6.45) is 6.52. The van der Waals surface area contributed by atoms with Gasteiger partial charge in [-0.2, -0.15) is 5.10 Å². The summed E-state index contributed by atoms with van der Waals surface area (Å²) in [5.41, 5.74) is 9.43. The summed E-state index contributed by atoms with van der Waals surface area (Å²) in [5, 5.41) is 9.12. The predicted octanol–water partition coefficient (Wildman–Crippen LogP) is 5.25. The Morgan fingerprint density at radius 2 is 1.86 bits per heavy atom.